The fourth-order valence-electron chi connectivity index (χ4n) is 3.05. The number of hydrogen-bond donors (Lipinski definition) is 2. The van der Waals surface area contributed by atoms with Gasteiger partial charge in [-0.25, -0.2) is 8.42 Å². The van der Waals surface area contributed by atoms with Gasteiger partial charge in [0.25, 0.3) is 0 Å². The molecule has 1 aliphatic heterocycles. The maximum absolute atomic E-state index is 12.7. The minimum absolute atomic E-state index is 0.0622. The number of hydrogen-bond acceptors (Lipinski definition) is 7. The lowest BCUT2D eigenvalue weighted by molar-refractivity contribution is -0.386. The summed E-state index contributed by atoms with van der Waals surface area (Å²) in [6.45, 7) is 0. The fraction of sp³-hybridized carbons (Fsp3) is 0.222. The summed E-state index contributed by atoms with van der Waals surface area (Å²) < 4.78 is 32.3. The second kappa shape index (κ2) is 7.97. The van der Waals surface area contributed by atoms with Crippen molar-refractivity contribution in [1.82, 2.24) is 4.72 Å². The average Bonchev–Trinajstić information content (AvgIpc) is 3.09. The molecule has 2 aromatic carbocycles. The Bertz CT molecular complexity index is 1100. The van der Waals surface area contributed by atoms with Crippen LogP contribution in [0.25, 0.3) is 0 Å². The van der Waals surface area contributed by atoms with E-state index in [-0.39, 0.29) is 18.1 Å². The van der Waals surface area contributed by atoms with Crippen molar-refractivity contribution in [2.24, 2.45) is 4.99 Å². The number of sulfonamides is 1. The van der Waals surface area contributed by atoms with E-state index in [9.17, 15) is 28.4 Å². The Morgan fingerprint density at radius 1 is 1.34 bits per heavy atom. The molecule has 11 heteroatoms. The van der Waals surface area contributed by atoms with E-state index >= 15 is 0 Å². The molecule has 2 N–H and O–H groups in total. The lowest BCUT2D eigenvalue weighted by atomic mass is 9.94. The van der Waals surface area contributed by atoms with Gasteiger partial charge in [0.1, 0.15) is 6.04 Å². The topological polar surface area (TPSA) is 148 Å². The van der Waals surface area contributed by atoms with Crippen molar-refractivity contribution >= 4 is 33.6 Å². The van der Waals surface area contributed by atoms with E-state index in [1.807, 2.05) is 0 Å². The van der Waals surface area contributed by atoms with E-state index in [1.54, 1.807) is 30.5 Å². The molecule has 1 aliphatic rings. The second-order valence-electron chi connectivity index (χ2n) is 6.28. The number of ether oxygens (including phenoxy) is 1. The molecule has 0 saturated carbocycles. The Morgan fingerprint density at radius 3 is 2.72 bits per heavy atom. The molecular formula is C18H17N3O7S. The van der Waals surface area contributed by atoms with Crippen molar-refractivity contribution in [1.29, 1.82) is 0 Å². The van der Waals surface area contributed by atoms with Crippen molar-refractivity contribution in [2.75, 3.05) is 7.11 Å². The van der Waals surface area contributed by atoms with Gasteiger partial charge in [-0.1, -0.05) is 18.2 Å². The molecule has 0 aliphatic carbocycles. The zero-order valence-corrected chi connectivity index (χ0v) is 16.0. The molecule has 2 aromatic rings. The largest absolute Gasteiger partial charge is 0.490 e. The Morgan fingerprint density at radius 2 is 2.07 bits per heavy atom. The first kappa shape index (κ1) is 20.4. The third-order valence-electron chi connectivity index (χ3n) is 4.47. The standard InChI is InChI=1S/C18H17N3O7S/c1-28-17-7-6-12(9-16(17)21(24)25)29(26,27)20-15(18(22)23)8-11-10-19-14-5-3-2-4-13(11)14/h2-7,9-11,15,20H,8H2,1H3,(H,22,23)/t11-,15-/m0/s1. The number of methoxy groups -OCH3 is 1. The molecule has 0 fully saturated rings. The van der Waals surface area contributed by atoms with E-state index in [0.717, 1.165) is 23.8 Å². The van der Waals surface area contributed by atoms with Crippen LogP contribution in [0.3, 0.4) is 0 Å². The van der Waals surface area contributed by atoms with Crippen LogP contribution in [0, 0.1) is 10.1 Å². The van der Waals surface area contributed by atoms with Gasteiger partial charge in [0, 0.05) is 18.2 Å². The number of aliphatic carboxylic acids is 1. The summed E-state index contributed by atoms with van der Waals surface area (Å²) in [7, 11) is -3.12. The predicted molar refractivity (Wildman–Crippen MR) is 103 cm³/mol. The van der Waals surface area contributed by atoms with Gasteiger partial charge in [-0.15, -0.1) is 0 Å². The van der Waals surface area contributed by atoms with Crippen LogP contribution in [0.15, 0.2) is 52.4 Å². The minimum atomic E-state index is -4.34. The summed E-state index contributed by atoms with van der Waals surface area (Å²) in [6.07, 6.45) is 1.51. The van der Waals surface area contributed by atoms with E-state index < -0.39 is 37.5 Å². The summed E-state index contributed by atoms with van der Waals surface area (Å²) >= 11 is 0. The summed E-state index contributed by atoms with van der Waals surface area (Å²) in [5, 5.41) is 20.7. The SMILES string of the molecule is COc1ccc(S(=O)(=O)N[C@@H](C[C@H]2C=Nc3ccccc32)C(=O)O)cc1[N+](=O)[O-]. The number of rotatable bonds is 8. The molecule has 10 nitrogen and oxygen atoms in total. The lowest BCUT2D eigenvalue weighted by Crippen LogP contribution is -2.41. The number of para-hydroxylation sites is 1. The van der Waals surface area contributed by atoms with Crippen LogP contribution in [0.4, 0.5) is 11.4 Å². The number of nitrogens with zero attached hydrogens (tertiary/aromatic N) is 2. The molecule has 0 radical (unpaired) electrons. The number of carboxylic acids is 1. The van der Waals surface area contributed by atoms with Gasteiger partial charge in [0.2, 0.25) is 10.0 Å². The second-order valence-corrected chi connectivity index (χ2v) is 8.00. The molecule has 152 valence electrons. The minimum Gasteiger partial charge on any atom is -0.490 e. The first-order valence-corrected chi connectivity index (χ1v) is 9.92. The summed E-state index contributed by atoms with van der Waals surface area (Å²) in [4.78, 5) is 25.8. The monoisotopic (exact) mass is 419 g/mol. The van der Waals surface area contributed by atoms with Crippen LogP contribution in [-0.4, -0.2) is 43.8 Å². The maximum atomic E-state index is 12.7. The third kappa shape index (κ3) is 4.25. The summed E-state index contributed by atoms with van der Waals surface area (Å²) in [5.41, 5.74) is 0.965. The quantitative estimate of drug-likeness (QED) is 0.492. The van der Waals surface area contributed by atoms with E-state index in [2.05, 4.69) is 9.71 Å². The van der Waals surface area contributed by atoms with Crippen molar-refractivity contribution in [3.05, 3.63) is 58.1 Å². The molecule has 29 heavy (non-hydrogen) atoms. The Balaban J connectivity index is 1.85. The molecule has 3 rings (SSSR count). The van der Waals surface area contributed by atoms with Crippen LogP contribution < -0.4 is 9.46 Å². The third-order valence-corrected chi connectivity index (χ3v) is 5.94. The highest BCUT2D eigenvalue weighted by molar-refractivity contribution is 7.89. The van der Waals surface area contributed by atoms with Crippen molar-refractivity contribution in [2.45, 2.75) is 23.3 Å². The molecule has 0 unspecified atom stereocenters. The maximum Gasteiger partial charge on any atom is 0.321 e. The van der Waals surface area contributed by atoms with Gasteiger partial charge >= 0.3 is 11.7 Å². The van der Waals surface area contributed by atoms with Crippen LogP contribution in [-0.2, 0) is 14.8 Å². The number of carboxylic acid groups (broad SMARTS) is 1. The van der Waals surface area contributed by atoms with E-state index in [0.29, 0.717) is 5.69 Å². The highest BCUT2D eigenvalue weighted by Crippen LogP contribution is 2.35. The number of carbonyl (C=O) groups is 1. The first-order chi connectivity index (χ1) is 13.7. The summed E-state index contributed by atoms with van der Waals surface area (Å²) in [6, 6.07) is 8.79. The molecule has 0 bridgehead atoms. The van der Waals surface area contributed by atoms with Crippen molar-refractivity contribution in [3.8, 4) is 5.75 Å². The molecule has 0 aromatic heterocycles. The Labute approximate surface area is 166 Å². The number of nitro benzene ring substituents is 1. The fourth-order valence-corrected chi connectivity index (χ4v) is 4.27. The van der Waals surface area contributed by atoms with Gasteiger partial charge in [-0.2, -0.15) is 4.72 Å². The Kier molecular flexibility index (Phi) is 5.62. The first-order valence-electron chi connectivity index (χ1n) is 8.43. The Hall–Kier alpha value is -3.31. The zero-order chi connectivity index (χ0) is 21.2. The van der Waals surface area contributed by atoms with Gasteiger partial charge in [0.15, 0.2) is 5.75 Å². The van der Waals surface area contributed by atoms with Crippen LogP contribution >= 0.6 is 0 Å². The molecule has 0 amide bonds. The number of nitro groups is 1. The van der Waals surface area contributed by atoms with Crippen LogP contribution in [0.1, 0.15) is 17.9 Å². The van der Waals surface area contributed by atoms with Crippen LogP contribution in [0.5, 0.6) is 5.75 Å². The van der Waals surface area contributed by atoms with Crippen molar-refractivity contribution in [3.63, 3.8) is 0 Å². The van der Waals surface area contributed by atoms with Crippen LogP contribution in [0.2, 0.25) is 0 Å². The van der Waals surface area contributed by atoms with Gasteiger partial charge in [0.05, 0.1) is 22.6 Å². The predicted octanol–water partition coefficient (Wildman–Crippen LogP) is 2.22. The lowest BCUT2D eigenvalue weighted by Gasteiger charge is -2.18. The molecule has 2 atom stereocenters. The molecule has 0 saturated heterocycles. The number of benzene rings is 2. The average molecular weight is 419 g/mol. The van der Waals surface area contributed by atoms with Gasteiger partial charge in [-0.3, -0.25) is 19.9 Å². The van der Waals surface area contributed by atoms with Gasteiger partial charge < -0.3 is 9.84 Å². The zero-order valence-electron chi connectivity index (χ0n) is 15.2. The number of nitrogens with one attached hydrogen (secondary N) is 1. The smallest absolute Gasteiger partial charge is 0.321 e. The highest BCUT2D eigenvalue weighted by Gasteiger charge is 2.31. The van der Waals surface area contributed by atoms with E-state index in [1.165, 1.54) is 7.11 Å². The van der Waals surface area contributed by atoms with Crippen molar-refractivity contribution < 1.29 is 28.0 Å². The van der Waals surface area contributed by atoms with Gasteiger partial charge in [-0.05, 0) is 30.2 Å². The molecule has 0 spiro atoms. The normalized spacial score (nSPS) is 16.2. The number of fused-ring (bicyclic) bond motifs is 1. The molecular weight excluding hydrogens is 402 g/mol. The molecule has 1 heterocycles. The van der Waals surface area contributed by atoms with E-state index in [4.69, 9.17) is 4.74 Å². The summed E-state index contributed by atoms with van der Waals surface area (Å²) in [5.74, 6) is -1.85. The highest BCUT2D eigenvalue weighted by atomic mass is 32.2. The number of aliphatic imine (C=N–C) groups is 1.